The summed E-state index contributed by atoms with van der Waals surface area (Å²) in [4.78, 5) is 0. The van der Waals surface area contributed by atoms with E-state index in [1.165, 1.54) is 11.1 Å². The highest BCUT2D eigenvalue weighted by Gasteiger charge is 2.21. The fourth-order valence-electron chi connectivity index (χ4n) is 2.43. The van der Waals surface area contributed by atoms with Crippen LogP contribution in [-0.4, -0.2) is 20.1 Å². The van der Waals surface area contributed by atoms with E-state index in [-0.39, 0.29) is 6.92 Å². The van der Waals surface area contributed by atoms with E-state index in [4.69, 9.17) is 15.1 Å². The van der Waals surface area contributed by atoms with Crippen LogP contribution < -0.4 is 16.7 Å². The van der Waals surface area contributed by atoms with Crippen LogP contribution in [-0.2, 0) is 22.6 Å². The Morgan fingerprint density at radius 3 is 1.85 bits per heavy atom. The Morgan fingerprint density at radius 1 is 0.900 bits per heavy atom. The quantitative estimate of drug-likeness (QED) is 0.836. The van der Waals surface area contributed by atoms with Crippen molar-refractivity contribution in [1.29, 1.82) is 0 Å². The van der Waals surface area contributed by atoms with Crippen molar-refractivity contribution in [1.82, 2.24) is 0 Å². The van der Waals surface area contributed by atoms with Crippen LogP contribution in [0.4, 0.5) is 0 Å². The van der Waals surface area contributed by atoms with Crippen molar-refractivity contribution in [2.45, 2.75) is 13.2 Å². The van der Waals surface area contributed by atoms with Gasteiger partial charge >= 0.3 is 6.92 Å². The molecular weight excluding hydrogens is 249 g/mol. The van der Waals surface area contributed by atoms with E-state index in [2.05, 4.69) is 48.5 Å². The van der Waals surface area contributed by atoms with Gasteiger partial charge in [-0.1, -0.05) is 48.5 Å². The Balaban J connectivity index is 2.00. The maximum Gasteiger partial charge on any atom is 0.361 e. The molecule has 0 amide bonds. The minimum absolute atomic E-state index is 0.0537. The van der Waals surface area contributed by atoms with Gasteiger partial charge in [-0.25, -0.2) is 0 Å². The van der Waals surface area contributed by atoms with Gasteiger partial charge in [0.25, 0.3) is 0 Å². The Bertz CT molecular complexity index is 506. The van der Waals surface area contributed by atoms with Crippen LogP contribution >= 0.6 is 0 Å². The summed E-state index contributed by atoms with van der Waals surface area (Å²) >= 11 is 0. The number of ether oxygens (including phenoxy) is 1. The third kappa shape index (κ3) is 2.93. The van der Waals surface area contributed by atoms with Gasteiger partial charge in [-0.05, 0) is 22.1 Å². The van der Waals surface area contributed by atoms with Gasteiger partial charge in [-0.15, -0.1) is 0 Å². The van der Waals surface area contributed by atoms with Crippen molar-refractivity contribution < 1.29 is 9.39 Å². The lowest BCUT2D eigenvalue weighted by Crippen LogP contribution is -2.46. The fraction of sp³-hybridized carbons (Fsp3) is 0.250. The molecule has 0 fully saturated rings. The SMILES string of the molecule is NCCOB1c2ccc(cc2)COCc2ccc1cc2. The first-order valence-electron chi connectivity index (χ1n) is 6.94. The van der Waals surface area contributed by atoms with Gasteiger partial charge in [0.15, 0.2) is 0 Å². The second-order valence-electron chi connectivity index (χ2n) is 5.02. The zero-order valence-electron chi connectivity index (χ0n) is 11.4. The van der Waals surface area contributed by atoms with Crippen molar-refractivity contribution in [3.8, 4) is 0 Å². The molecule has 2 aromatic carbocycles. The fourth-order valence-corrected chi connectivity index (χ4v) is 2.43. The highest BCUT2D eigenvalue weighted by molar-refractivity contribution is 6.80. The standard InChI is InChI=1S/C16H18BNO2/c18-9-10-20-17-15-5-1-13(2-6-15)11-19-12-14-3-7-16(17)8-4-14/h1-8H,9-12,18H2. The molecule has 3 nitrogen and oxygen atoms in total. The van der Waals surface area contributed by atoms with E-state index >= 15 is 0 Å². The maximum absolute atomic E-state index is 5.94. The predicted molar refractivity (Wildman–Crippen MR) is 81.4 cm³/mol. The Hall–Kier alpha value is -1.62. The molecule has 4 aliphatic heterocycles. The van der Waals surface area contributed by atoms with Gasteiger partial charge in [0.2, 0.25) is 0 Å². The van der Waals surface area contributed by atoms with Gasteiger partial charge < -0.3 is 15.1 Å². The van der Waals surface area contributed by atoms with E-state index in [1.54, 1.807) is 0 Å². The molecule has 6 rings (SSSR count). The summed E-state index contributed by atoms with van der Waals surface area (Å²) < 4.78 is 11.6. The number of rotatable bonds is 3. The smallest absolute Gasteiger partial charge is 0.361 e. The molecule has 4 heterocycles. The zero-order chi connectivity index (χ0) is 13.8. The first-order valence-corrected chi connectivity index (χ1v) is 6.94. The number of nitrogens with two attached hydrogens (primary N) is 1. The molecule has 0 unspecified atom stereocenters. The lowest BCUT2D eigenvalue weighted by atomic mass is 9.55. The molecule has 0 radical (unpaired) electrons. The molecule has 0 saturated carbocycles. The van der Waals surface area contributed by atoms with E-state index < -0.39 is 0 Å². The molecular formula is C16H18BNO2. The lowest BCUT2D eigenvalue weighted by Gasteiger charge is -2.17. The van der Waals surface area contributed by atoms with Crippen LogP contribution in [0.5, 0.6) is 0 Å². The highest BCUT2D eigenvalue weighted by atomic mass is 16.5. The number of hydrogen-bond donors (Lipinski definition) is 1. The molecule has 0 aromatic heterocycles. The van der Waals surface area contributed by atoms with Crippen LogP contribution in [0.2, 0.25) is 0 Å². The summed E-state index contributed by atoms with van der Waals surface area (Å²) in [6, 6.07) is 16.8. The van der Waals surface area contributed by atoms with Gasteiger partial charge in [-0.3, -0.25) is 0 Å². The monoisotopic (exact) mass is 267 g/mol. The van der Waals surface area contributed by atoms with Gasteiger partial charge in [-0.2, -0.15) is 0 Å². The number of benzene rings is 2. The molecule has 20 heavy (non-hydrogen) atoms. The second-order valence-corrected chi connectivity index (χ2v) is 5.02. The predicted octanol–water partition coefficient (Wildman–Crippen LogP) is 0.798. The molecule has 4 heteroatoms. The van der Waals surface area contributed by atoms with E-state index in [0.29, 0.717) is 26.4 Å². The van der Waals surface area contributed by atoms with Crippen molar-refractivity contribution >= 4 is 17.8 Å². The summed E-state index contributed by atoms with van der Waals surface area (Å²) in [5.74, 6) is 0. The summed E-state index contributed by atoms with van der Waals surface area (Å²) in [6.45, 7) is 2.30. The molecule has 2 N–H and O–H groups in total. The highest BCUT2D eigenvalue weighted by Crippen LogP contribution is 2.07. The summed E-state index contributed by atoms with van der Waals surface area (Å²) in [5, 5.41) is 0. The molecule has 102 valence electrons. The van der Waals surface area contributed by atoms with Crippen LogP contribution in [0.15, 0.2) is 48.5 Å². The Morgan fingerprint density at radius 2 is 1.40 bits per heavy atom. The van der Waals surface area contributed by atoms with Crippen LogP contribution in [0.1, 0.15) is 11.1 Å². The molecule has 0 saturated heterocycles. The minimum atomic E-state index is -0.0537. The van der Waals surface area contributed by atoms with E-state index in [0.717, 1.165) is 10.9 Å². The summed E-state index contributed by atoms with van der Waals surface area (Å²) in [5.41, 5.74) is 10.2. The van der Waals surface area contributed by atoms with Crippen molar-refractivity contribution in [2.75, 3.05) is 13.2 Å². The van der Waals surface area contributed by atoms with Crippen LogP contribution in [0.3, 0.4) is 0 Å². The second kappa shape index (κ2) is 6.22. The third-order valence-corrected chi connectivity index (χ3v) is 3.50. The number of hydrogen-bond acceptors (Lipinski definition) is 3. The van der Waals surface area contributed by atoms with Crippen LogP contribution in [0.25, 0.3) is 0 Å². The van der Waals surface area contributed by atoms with Crippen molar-refractivity contribution in [3.63, 3.8) is 0 Å². The van der Waals surface area contributed by atoms with E-state index in [1.807, 2.05) is 0 Å². The topological polar surface area (TPSA) is 44.5 Å². The molecule has 4 aliphatic rings. The van der Waals surface area contributed by atoms with Crippen LogP contribution in [0, 0.1) is 0 Å². The van der Waals surface area contributed by atoms with Gasteiger partial charge in [0.05, 0.1) is 13.2 Å². The average molecular weight is 267 g/mol. The molecule has 0 atom stereocenters. The molecule has 0 aliphatic carbocycles. The molecule has 0 spiro atoms. The summed E-state index contributed by atoms with van der Waals surface area (Å²) in [7, 11) is 0. The Labute approximate surface area is 119 Å². The largest absolute Gasteiger partial charge is 0.426 e. The van der Waals surface area contributed by atoms with E-state index in [9.17, 15) is 0 Å². The van der Waals surface area contributed by atoms with Gasteiger partial charge in [0.1, 0.15) is 0 Å². The minimum Gasteiger partial charge on any atom is -0.426 e. The zero-order valence-corrected chi connectivity index (χ0v) is 11.4. The van der Waals surface area contributed by atoms with Crippen molar-refractivity contribution in [2.24, 2.45) is 5.73 Å². The third-order valence-electron chi connectivity index (χ3n) is 3.50. The normalized spacial score (nSPS) is 14.2. The van der Waals surface area contributed by atoms with Gasteiger partial charge in [0, 0.05) is 13.2 Å². The molecule has 2 aromatic rings. The maximum atomic E-state index is 5.94. The first-order chi connectivity index (χ1) is 9.86. The Kier molecular flexibility index (Phi) is 4.16. The van der Waals surface area contributed by atoms with Crippen molar-refractivity contribution in [3.05, 3.63) is 59.7 Å². The lowest BCUT2D eigenvalue weighted by molar-refractivity contribution is 0.107. The first kappa shape index (κ1) is 13.4. The average Bonchev–Trinajstić information content (AvgIpc) is 2.48. The molecule has 4 bridgehead atoms. The summed E-state index contributed by atoms with van der Waals surface area (Å²) in [6.07, 6.45) is 0.